The van der Waals surface area contributed by atoms with Gasteiger partial charge in [-0.25, -0.2) is 14.4 Å². The Labute approximate surface area is 226 Å². The molecule has 3 aromatic heterocycles. The first-order chi connectivity index (χ1) is 18.7. The minimum absolute atomic E-state index is 0.0864. The van der Waals surface area contributed by atoms with E-state index in [1.165, 1.54) is 0 Å². The molecule has 5 rings (SSSR count). The fourth-order valence-electron chi connectivity index (χ4n) is 4.82. The number of H-pyrrole nitrogens is 1. The number of fused-ring (bicyclic) bond motifs is 1. The van der Waals surface area contributed by atoms with Crippen LogP contribution in [0.4, 0.5) is 21.7 Å². The summed E-state index contributed by atoms with van der Waals surface area (Å²) in [5.41, 5.74) is 2.58. The molecule has 1 aliphatic rings. The summed E-state index contributed by atoms with van der Waals surface area (Å²) < 4.78 is 22.2. The largest absolute Gasteiger partial charge is 0.475 e. The number of carbonyl (C=O) groups is 1. The second-order valence-corrected chi connectivity index (χ2v) is 9.89. The third kappa shape index (κ3) is 5.43. The van der Waals surface area contributed by atoms with Gasteiger partial charge in [-0.15, -0.1) is 5.10 Å². The average molecular weight is 536 g/mol. The molecule has 1 amide bonds. The van der Waals surface area contributed by atoms with Crippen LogP contribution in [0.2, 0.25) is 0 Å². The number of aromatic amines is 1. The topological polar surface area (TPSA) is 116 Å². The Bertz CT molecular complexity index is 1480. The predicted octanol–water partition coefficient (Wildman–Crippen LogP) is 3.60. The second kappa shape index (κ2) is 11.0. The number of benzene rings is 1. The van der Waals surface area contributed by atoms with Crippen LogP contribution in [0.3, 0.4) is 0 Å². The monoisotopic (exact) mass is 535 g/mol. The minimum atomic E-state index is -0.565. The van der Waals surface area contributed by atoms with Crippen molar-refractivity contribution in [2.75, 3.05) is 43.9 Å². The number of aromatic nitrogens is 5. The number of carbonyl (C=O) groups excluding carboxylic acids is 1. The Morgan fingerprint density at radius 3 is 2.87 bits per heavy atom. The van der Waals surface area contributed by atoms with Gasteiger partial charge in [-0.05, 0) is 33.9 Å². The van der Waals surface area contributed by atoms with E-state index in [4.69, 9.17) is 4.74 Å². The van der Waals surface area contributed by atoms with Crippen LogP contribution < -0.4 is 15.4 Å². The van der Waals surface area contributed by atoms with Crippen molar-refractivity contribution in [3.8, 4) is 17.1 Å². The zero-order valence-corrected chi connectivity index (χ0v) is 22.8. The first-order valence-electron chi connectivity index (χ1n) is 13.1. The number of hydrogen-bond donors (Lipinski definition) is 3. The highest BCUT2D eigenvalue weighted by Crippen LogP contribution is 2.34. The third-order valence-electron chi connectivity index (χ3n) is 7.21. The molecule has 3 N–H and O–H groups in total. The van der Waals surface area contributed by atoms with Crippen LogP contribution in [-0.2, 0) is 11.8 Å². The number of rotatable bonds is 8. The van der Waals surface area contributed by atoms with E-state index in [1.54, 1.807) is 24.1 Å². The van der Waals surface area contributed by atoms with E-state index in [1.807, 2.05) is 32.0 Å². The predicted molar refractivity (Wildman–Crippen MR) is 149 cm³/mol. The van der Waals surface area contributed by atoms with Gasteiger partial charge in [0.05, 0.1) is 36.2 Å². The molecular weight excluding hydrogens is 501 g/mol. The van der Waals surface area contributed by atoms with Crippen LogP contribution in [0, 0.1) is 5.82 Å². The van der Waals surface area contributed by atoms with Crippen LogP contribution in [0.25, 0.3) is 22.2 Å². The maximum Gasteiger partial charge on any atom is 0.256 e. The van der Waals surface area contributed by atoms with E-state index >= 15 is 0 Å². The highest BCUT2D eigenvalue weighted by atomic mass is 19.1. The second-order valence-electron chi connectivity index (χ2n) is 9.89. The van der Waals surface area contributed by atoms with Crippen molar-refractivity contribution in [2.24, 2.45) is 7.05 Å². The zero-order valence-electron chi connectivity index (χ0n) is 22.8. The lowest BCUT2D eigenvalue weighted by molar-refractivity contribution is -0.121. The van der Waals surface area contributed by atoms with Crippen molar-refractivity contribution in [1.82, 2.24) is 34.5 Å². The summed E-state index contributed by atoms with van der Waals surface area (Å²) >= 11 is 0. The fourth-order valence-corrected chi connectivity index (χ4v) is 4.82. The quantitative estimate of drug-likeness (QED) is 0.313. The maximum atomic E-state index is 15.0. The smallest absolute Gasteiger partial charge is 0.256 e. The zero-order chi connectivity index (χ0) is 27.7. The molecule has 1 fully saturated rings. The molecule has 0 spiro atoms. The van der Waals surface area contributed by atoms with E-state index < -0.39 is 5.82 Å². The van der Waals surface area contributed by atoms with E-state index in [0.717, 1.165) is 31.2 Å². The molecule has 0 bridgehead atoms. The van der Waals surface area contributed by atoms with Gasteiger partial charge < -0.3 is 25.3 Å². The summed E-state index contributed by atoms with van der Waals surface area (Å²) in [6.45, 7) is 8.99. The van der Waals surface area contributed by atoms with Crippen molar-refractivity contribution in [1.29, 1.82) is 0 Å². The van der Waals surface area contributed by atoms with E-state index in [0.29, 0.717) is 41.0 Å². The number of likely N-dealkylation sites (N-methyl/N-ethyl adjacent to an activating group) is 1. The van der Waals surface area contributed by atoms with Crippen molar-refractivity contribution < 1.29 is 13.9 Å². The third-order valence-corrected chi connectivity index (χ3v) is 7.21. The summed E-state index contributed by atoms with van der Waals surface area (Å²) in [7, 11) is 3.88. The number of nitrogens with zero attached hydrogens (tertiary/aromatic N) is 6. The molecule has 11 nitrogen and oxygen atoms in total. The van der Waals surface area contributed by atoms with Gasteiger partial charge in [0.25, 0.3) is 5.88 Å². The van der Waals surface area contributed by atoms with Crippen molar-refractivity contribution in [3.63, 3.8) is 0 Å². The number of aryl methyl sites for hydroxylation is 1. The Balaban J connectivity index is 1.39. The Hall–Kier alpha value is -4.03. The fraction of sp³-hybridized carbons (Fsp3) is 0.407. The standard InChI is InChI=1S/C27H34FN9O2/c1-6-39-26-22(15-36(5)34-26)32-27-30-13-20(28)23(33-27)19-12-29-24-18(19)8-7-9-21(24)31-25(38)17(3)37-11-10-35(4)16(2)14-37/h7-9,12-13,15-17,29H,6,10-11,14H2,1-5H3,(H,31,38)(H,30,32,33)/t16-,17-/m0/s1. The average Bonchev–Trinajstić information content (AvgIpc) is 3.50. The molecule has 2 atom stereocenters. The Morgan fingerprint density at radius 2 is 2.10 bits per heavy atom. The van der Waals surface area contributed by atoms with Gasteiger partial charge in [0.2, 0.25) is 11.9 Å². The van der Waals surface area contributed by atoms with E-state index in [-0.39, 0.29) is 23.6 Å². The molecule has 4 aromatic rings. The number of anilines is 3. The van der Waals surface area contributed by atoms with E-state index in [2.05, 4.69) is 54.5 Å². The normalized spacial score (nSPS) is 17.3. The van der Waals surface area contributed by atoms with Crippen LogP contribution in [0.5, 0.6) is 5.88 Å². The highest BCUT2D eigenvalue weighted by molar-refractivity contribution is 6.06. The highest BCUT2D eigenvalue weighted by Gasteiger charge is 2.28. The Morgan fingerprint density at radius 1 is 1.28 bits per heavy atom. The maximum absolute atomic E-state index is 15.0. The number of ether oxygens (including phenoxy) is 1. The summed E-state index contributed by atoms with van der Waals surface area (Å²) in [5, 5.41) is 11.1. The first kappa shape index (κ1) is 26.6. The molecule has 1 aliphatic heterocycles. The van der Waals surface area contributed by atoms with Gasteiger partial charge >= 0.3 is 0 Å². The molecule has 39 heavy (non-hydrogen) atoms. The molecule has 0 unspecified atom stereocenters. The SMILES string of the molecule is CCOc1nn(C)cc1Nc1ncc(F)c(-c2c[nH]c3c(NC(=O)[C@H](C)N4CCN(C)[C@@H](C)C4)cccc23)n1. The van der Waals surface area contributed by atoms with Crippen LogP contribution in [-0.4, -0.2) is 85.8 Å². The van der Waals surface area contributed by atoms with Crippen LogP contribution in [0.1, 0.15) is 20.8 Å². The molecule has 12 heteroatoms. The van der Waals surface area contributed by atoms with Gasteiger partial charge in [-0.3, -0.25) is 14.4 Å². The number of para-hydroxylation sites is 1. The van der Waals surface area contributed by atoms with E-state index in [9.17, 15) is 9.18 Å². The summed E-state index contributed by atoms with van der Waals surface area (Å²) in [6, 6.07) is 5.63. The van der Waals surface area contributed by atoms with Crippen molar-refractivity contribution >= 4 is 34.1 Å². The summed E-state index contributed by atoms with van der Waals surface area (Å²) in [6.07, 6.45) is 4.56. The first-order valence-corrected chi connectivity index (χ1v) is 13.1. The van der Waals surface area contributed by atoms with Gasteiger partial charge in [0, 0.05) is 49.9 Å². The lowest BCUT2D eigenvalue weighted by Crippen LogP contribution is -2.55. The minimum Gasteiger partial charge on any atom is -0.475 e. The van der Waals surface area contributed by atoms with Gasteiger partial charge in [-0.1, -0.05) is 12.1 Å². The van der Waals surface area contributed by atoms with Crippen LogP contribution >= 0.6 is 0 Å². The molecular formula is C27H34FN9O2. The molecule has 1 saturated heterocycles. The number of piperazine rings is 1. The number of nitrogens with one attached hydrogen (secondary N) is 3. The Kier molecular flexibility index (Phi) is 7.49. The van der Waals surface area contributed by atoms with Crippen LogP contribution in [0.15, 0.2) is 36.8 Å². The van der Waals surface area contributed by atoms with Gasteiger partial charge in [-0.2, -0.15) is 0 Å². The van der Waals surface area contributed by atoms with Gasteiger partial charge in [0.15, 0.2) is 5.82 Å². The molecule has 0 saturated carbocycles. The summed E-state index contributed by atoms with van der Waals surface area (Å²) in [4.78, 5) is 29.4. The van der Waals surface area contributed by atoms with Crippen molar-refractivity contribution in [2.45, 2.75) is 32.9 Å². The molecule has 1 aromatic carbocycles. The summed E-state index contributed by atoms with van der Waals surface area (Å²) in [5.74, 6) is -0.0433. The molecule has 0 aliphatic carbocycles. The number of halogens is 1. The molecule has 206 valence electrons. The van der Waals surface area contributed by atoms with Gasteiger partial charge in [0.1, 0.15) is 11.4 Å². The van der Waals surface area contributed by atoms with Crippen molar-refractivity contribution in [3.05, 3.63) is 42.6 Å². The molecule has 0 radical (unpaired) electrons. The lowest BCUT2D eigenvalue weighted by Gasteiger charge is -2.40. The molecule has 4 heterocycles. The lowest BCUT2D eigenvalue weighted by atomic mass is 10.1. The number of amides is 1. The number of hydrogen-bond acceptors (Lipinski definition) is 8.